The molecule has 0 aromatic carbocycles. The predicted molar refractivity (Wildman–Crippen MR) is 51.0 cm³/mol. The van der Waals surface area contributed by atoms with Crippen molar-refractivity contribution in [3.63, 3.8) is 0 Å². The molecule has 1 rings (SSSR count). The fourth-order valence-corrected chi connectivity index (χ4v) is 2.82. The lowest BCUT2D eigenvalue weighted by Crippen LogP contribution is -2.39. The van der Waals surface area contributed by atoms with E-state index in [9.17, 15) is 8.42 Å². The van der Waals surface area contributed by atoms with Crippen molar-refractivity contribution in [2.45, 2.75) is 38.0 Å². The van der Waals surface area contributed by atoms with Crippen molar-refractivity contribution >= 4 is 10.0 Å². The highest BCUT2D eigenvalue weighted by molar-refractivity contribution is 7.90. The molecular weight excluding hydrogens is 190 g/mol. The van der Waals surface area contributed by atoms with Crippen molar-refractivity contribution in [1.82, 2.24) is 4.72 Å². The van der Waals surface area contributed by atoms with Crippen molar-refractivity contribution in [2.24, 2.45) is 0 Å². The maximum absolute atomic E-state index is 11.6. The van der Waals surface area contributed by atoms with Gasteiger partial charge in [0.05, 0.1) is 6.61 Å². The number of hydrogen-bond acceptors (Lipinski definition) is 3. The third-order valence-corrected chi connectivity index (χ3v) is 4.28. The highest BCUT2D eigenvalue weighted by Crippen LogP contribution is 2.13. The summed E-state index contributed by atoms with van der Waals surface area (Å²) in [4.78, 5) is 0. The van der Waals surface area contributed by atoms with Crippen molar-refractivity contribution < 1.29 is 13.2 Å². The first-order chi connectivity index (χ1) is 6.06. The van der Waals surface area contributed by atoms with Gasteiger partial charge in [-0.15, -0.1) is 0 Å². The van der Waals surface area contributed by atoms with Crippen molar-refractivity contribution in [3.05, 3.63) is 0 Å². The van der Waals surface area contributed by atoms with Crippen LogP contribution in [0.5, 0.6) is 0 Å². The summed E-state index contributed by atoms with van der Waals surface area (Å²) in [5.74, 6) is 0. The summed E-state index contributed by atoms with van der Waals surface area (Å²) < 4.78 is 30.9. The zero-order chi connectivity index (χ0) is 9.90. The van der Waals surface area contributed by atoms with E-state index < -0.39 is 10.0 Å². The van der Waals surface area contributed by atoms with Crippen LogP contribution in [0.15, 0.2) is 0 Å². The van der Waals surface area contributed by atoms with Gasteiger partial charge in [0.25, 0.3) is 0 Å². The Bertz CT molecular complexity index is 244. The van der Waals surface area contributed by atoms with Gasteiger partial charge in [-0.3, -0.25) is 0 Å². The van der Waals surface area contributed by atoms with E-state index in [1.54, 1.807) is 0 Å². The van der Waals surface area contributed by atoms with E-state index in [0.717, 1.165) is 6.42 Å². The molecule has 0 aliphatic carbocycles. The lowest BCUT2D eigenvalue weighted by molar-refractivity contribution is 0.198. The zero-order valence-electron chi connectivity index (χ0n) is 8.12. The average molecular weight is 207 g/mol. The summed E-state index contributed by atoms with van der Waals surface area (Å²) in [5.41, 5.74) is 0. The molecule has 0 aromatic heterocycles. The Morgan fingerprint density at radius 1 is 1.62 bits per heavy atom. The molecule has 1 saturated heterocycles. The van der Waals surface area contributed by atoms with E-state index in [1.807, 2.05) is 13.8 Å². The Hall–Kier alpha value is -0.130. The smallest absolute Gasteiger partial charge is 0.217 e. The first-order valence-electron chi connectivity index (χ1n) is 4.65. The molecule has 0 unspecified atom stereocenters. The number of sulfonamides is 1. The van der Waals surface area contributed by atoms with Crippen LogP contribution in [-0.2, 0) is 14.8 Å². The van der Waals surface area contributed by atoms with Crippen LogP contribution in [0.2, 0.25) is 0 Å². The van der Waals surface area contributed by atoms with Crippen LogP contribution in [0.1, 0.15) is 26.7 Å². The summed E-state index contributed by atoms with van der Waals surface area (Å²) >= 11 is 0. The van der Waals surface area contributed by atoms with Gasteiger partial charge in [-0.1, -0.05) is 6.92 Å². The molecule has 1 aliphatic heterocycles. The van der Waals surface area contributed by atoms with Gasteiger partial charge in [0.1, 0.15) is 5.25 Å². The Morgan fingerprint density at radius 3 is 2.77 bits per heavy atom. The summed E-state index contributed by atoms with van der Waals surface area (Å²) in [7, 11) is -3.15. The highest BCUT2D eigenvalue weighted by Gasteiger charge is 2.29. The summed E-state index contributed by atoms with van der Waals surface area (Å²) in [5, 5.41) is -0.346. The summed E-state index contributed by atoms with van der Waals surface area (Å²) in [6.07, 6.45) is 1.43. The largest absolute Gasteiger partial charge is 0.380 e. The molecule has 13 heavy (non-hydrogen) atoms. The number of nitrogens with one attached hydrogen (secondary N) is 1. The predicted octanol–water partition coefficient (Wildman–Crippen LogP) is 0.493. The van der Waals surface area contributed by atoms with Crippen LogP contribution in [-0.4, -0.2) is 32.9 Å². The molecule has 78 valence electrons. The van der Waals surface area contributed by atoms with Crippen LogP contribution < -0.4 is 4.72 Å². The van der Waals surface area contributed by atoms with Crippen LogP contribution >= 0.6 is 0 Å². The van der Waals surface area contributed by atoms with E-state index in [4.69, 9.17) is 4.74 Å². The van der Waals surface area contributed by atoms with Gasteiger partial charge in [-0.25, -0.2) is 13.1 Å². The minimum Gasteiger partial charge on any atom is -0.380 e. The second-order valence-electron chi connectivity index (χ2n) is 3.46. The van der Waals surface area contributed by atoms with Crippen molar-refractivity contribution in [3.8, 4) is 0 Å². The zero-order valence-corrected chi connectivity index (χ0v) is 8.93. The van der Waals surface area contributed by atoms with E-state index in [2.05, 4.69) is 4.72 Å². The average Bonchev–Trinajstić information content (AvgIpc) is 2.55. The van der Waals surface area contributed by atoms with Crippen molar-refractivity contribution in [2.75, 3.05) is 13.2 Å². The Balaban J connectivity index is 2.54. The van der Waals surface area contributed by atoms with E-state index >= 15 is 0 Å². The molecule has 1 heterocycles. The third-order valence-electron chi connectivity index (χ3n) is 2.30. The second-order valence-corrected chi connectivity index (χ2v) is 5.45. The van der Waals surface area contributed by atoms with Gasteiger partial charge >= 0.3 is 0 Å². The molecule has 0 aromatic rings. The monoisotopic (exact) mass is 207 g/mol. The summed E-state index contributed by atoms with van der Waals surface area (Å²) in [6, 6.07) is 0.0191. The quantitative estimate of drug-likeness (QED) is 0.730. The van der Waals surface area contributed by atoms with Crippen LogP contribution in [0.3, 0.4) is 0 Å². The van der Waals surface area contributed by atoms with Gasteiger partial charge in [-0.2, -0.15) is 0 Å². The second kappa shape index (κ2) is 4.39. The maximum Gasteiger partial charge on any atom is 0.217 e. The molecule has 0 radical (unpaired) electrons. The Labute approximate surface area is 79.7 Å². The topological polar surface area (TPSA) is 55.4 Å². The Kier molecular flexibility index (Phi) is 3.70. The van der Waals surface area contributed by atoms with Gasteiger partial charge in [0.2, 0.25) is 10.0 Å². The van der Waals surface area contributed by atoms with Gasteiger partial charge in [0.15, 0.2) is 0 Å². The first-order valence-corrected chi connectivity index (χ1v) is 6.19. The Morgan fingerprint density at radius 2 is 2.31 bits per heavy atom. The lowest BCUT2D eigenvalue weighted by atomic mass is 10.3. The number of rotatable bonds is 4. The highest BCUT2D eigenvalue weighted by atomic mass is 32.2. The van der Waals surface area contributed by atoms with Gasteiger partial charge < -0.3 is 4.74 Å². The van der Waals surface area contributed by atoms with Crippen LogP contribution in [0.25, 0.3) is 0 Å². The fourth-order valence-electron chi connectivity index (χ4n) is 1.22. The molecular formula is C8H17NO3S. The maximum atomic E-state index is 11.6. The molecule has 0 bridgehead atoms. The van der Waals surface area contributed by atoms with Gasteiger partial charge in [-0.05, 0) is 19.8 Å². The molecule has 1 aliphatic rings. The molecule has 0 amide bonds. The SMILES string of the molecule is CC[C@@H](C)NS(=O)(=O)[C@@H]1CCOC1. The molecule has 5 heteroatoms. The number of hydrogen-bond donors (Lipinski definition) is 1. The molecule has 0 spiro atoms. The lowest BCUT2D eigenvalue weighted by Gasteiger charge is -2.15. The van der Waals surface area contributed by atoms with Gasteiger partial charge in [0, 0.05) is 12.6 Å². The van der Waals surface area contributed by atoms with E-state index in [1.165, 1.54) is 0 Å². The molecule has 1 fully saturated rings. The normalized spacial score (nSPS) is 26.2. The molecule has 4 nitrogen and oxygen atoms in total. The van der Waals surface area contributed by atoms with Crippen molar-refractivity contribution in [1.29, 1.82) is 0 Å². The molecule has 2 atom stereocenters. The first kappa shape index (κ1) is 10.9. The van der Waals surface area contributed by atoms with E-state index in [-0.39, 0.29) is 11.3 Å². The van der Waals surface area contributed by atoms with Crippen LogP contribution in [0.4, 0.5) is 0 Å². The minimum atomic E-state index is -3.15. The standard InChI is InChI=1S/C8H17NO3S/c1-3-7(2)9-13(10,11)8-4-5-12-6-8/h7-9H,3-6H2,1-2H3/t7-,8-/m1/s1. The van der Waals surface area contributed by atoms with E-state index in [0.29, 0.717) is 19.6 Å². The molecule has 0 saturated carbocycles. The minimum absolute atomic E-state index is 0.0191. The number of ether oxygens (including phenoxy) is 1. The molecule has 1 N–H and O–H groups in total. The van der Waals surface area contributed by atoms with Crippen LogP contribution in [0, 0.1) is 0 Å². The fraction of sp³-hybridized carbons (Fsp3) is 1.00. The summed E-state index contributed by atoms with van der Waals surface area (Å²) in [6.45, 7) is 4.73. The third kappa shape index (κ3) is 2.93.